The molecule has 0 aromatic heterocycles. The summed E-state index contributed by atoms with van der Waals surface area (Å²) in [6, 6.07) is 14.3. The smallest absolute Gasteiger partial charge is 0.236 e. The van der Waals surface area contributed by atoms with Crippen LogP contribution in [0.15, 0.2) is 48.5 Å². The van der Waals surface area contributed by atoms with Gasteiger partial charge in [0.05, 0.1) is 13.7 Å². The molecule has 0 bridgehead atoms. The molecule has 172 valence electrons. The minimum atomic E-state index is -0.300. The number of ether oxygens (including phenoxy) is 1. The van der Waals surface area contributed by atoms with Gasteiger partial charge in [-0.1, -0.05) is 30.3 Å². The van der Waals surface area contributed by atoms with Crippen LogP contribution in [-0.2, 0) is 22.6 Å². The summed E-state index contributed by atoms with van der Waals surface area (Å²) >= 11 is 0. The molecule has 0 saturated carbocycles. The van der Waals surface area contributed by atoms with E-state index in [-0.39, 0.29) is 30.7 Å². The number of methoxy groups -OCH3 is 1. The van der Waals surface area contributed by atoms with Gasteiger partial charge in [0.1, 0.15) is 11.6 Å². The van der Waals surface area contributed by atoms with Gasteiger partial charge < -0.3 is 14.5 Å². The third-order valence-corrected chi connectivity index (χ3v) is 5.88. The lowest BCUT2D eigenvalue weighted by molar-refractivity contribution is -0.131. The number of amides is 2. The molecule has 0 radical (unpaired) electrons. The van der Waals surface area contributed by atoms with Gasteiger partial charge in [0.25, 0.3) is 0 Å². The van der Waals surface area contributed by atoms with E-state index in [4.69, 9.17) is 4.74 Å². The van der Waals surface area contributed by atoms with Gasteiger partial charge in [-0.15, -0.1) is 0 Å². The van der Waals surface area contributed by atoms with Gasteiger partial charge in [-0.25, -0.2) is 4.39 Å². The number of carbonyl (C=O) groups is 2. The average molecular weight is 442 g/mol. The second kappa shape index (κ2) is 11.6. The first-order valence-corrected chi connectivity index (χ1v) is 11.1. The molecule has 1 fully saturated rings. The molecule has 0 unspecified atom stereocenters. The molecule has 7 heteroatoms. The number of carbonyl (C=O) groups excluding carboxylic acids is 2. The fourth-order valence-corrected chi connectivity index (χ4v) is 3.86. The summed E-state index contributed by atoms with van der Waals surface area (Å²) in [6.07, 6.45) is 2.00. The standard InChI is InChI=1S/C25H32FN3O3/c1-27(18-21-6-3-4-7-23(21)26)25(31)19-28-14-5-15-29(17-16-28)24(30)13-10-20-8-11-22(32-2)12-9-20/h3-4,6-9,11-12H,5,10,13-19H2,1-2H3. The number of nitrogens with zero attached hydrogens (tertiary/aromatic N) is 3. The van der Waals surface area contributed by atoms with Crippen molar-refractivity contribution in [3.63, 3.8) is 0 Å². The molecule has 2 aromatic rings. The Hall–Kier alpha value is -2.93. The maximum Gasteiger partial charge on any atom is 0.236 e. The van der Waals surface area contributed by atoms with E-state index in [0.717, 1.165) is 24.3 Å². The van der Waals surface area contributed by atoms with Crippen LogP contribution in [0.1, 0.15) is 24.0 Å². The monoisotopic (exact) mass is 441 g/mol. The topological polar surface area (TPSA) is 53.1 Å². The molecular formula is C25H32FN3O3. The Morgan fingerprint density at radius 2 is 1.78 bits per heavy atom. The van der Waals surface area contributed by atoms with E-state index in [1.54, 1.807) is 37.3 Å². The van der Waals surface area contributed by atoms with Crippen LogP contribution < -0.4 is 4.74 Å². The highest BCUT2D eigenvalue weighted by molar-refractivity contribution is 5.78. The van der Waals surface area contributed by atoms with Gasteiger partial charge in [-0.3, -0.25) is 14.5 Å². The van der Waals surface area contributed by atoms with E-state index in [0.29, 0.717) is 38.0 Å². The largest absolute Gasteiger partial charge is 0.497 e. The fraction of sp³-hybridized carbons (Fsp3) is 0.440. The summed E-state index contributed by atoms with van der Waals surface area (Å²) in [5.41, 5.74) is 1.62. The van der Waals surface area contributed by atoms with Crippen LogP contribution in [0, 0.1) is 5.82 Å². The number of hydrogen-bond donors (Lipinski definition) is 0. The lowest BCUT2D eigenvalue weighted by Crippen LogP contribution is -2.40. The minimum Gasteiger partial charge on any atom is -0.497 e. The van der Waals surface area contributed by atoms with Crippen LogP contribution in [0.25, 0.3) is 0 Å². The summed E-state index contributed by atoms with van der Waals surface area (Å²) in [4.78, 5) is 30.9. The number of halogens is 1. The molecule has 1 aliphatic rings. The normalized spacial score (nSPS) is 14.7. The van der Waals surface area contributed by atoms with Crippen LogP contribution in [0.5, 0.6) is 5.75 Å². The van der Waals surface area contributed by atoms with E-state index in [1.165, 1.54) is 6.07 Å². The van der Waals surface area contributed by atoms with Crippen LogP contribution in [0.4, 0.5) is 4.39 Å². The molecule has 6 nitrogen and oxygen atoms in total. The average Bonchev–Trinajstić information content (AvgIpc) is 3.05. The summed E-state index contributed by atoms with van der Waals surface area (Å²) in [5.74, 6) is 0.602. The van der Waals surface area contributed by atoms with Gasteiger partial charge in [-0.2, -0.15) is 0 Å². The summed E-state index contributed by atoms with van der Waals surface area (Å²) < 4.78 is 19.0. The van der Waals surface area contributed by atoms with E-state index in [1.807, 2.05) is 29.2 Å². The first kappa shape index (κ1) is 23.7. The van der Waals surface area contributed by atoms with Crippen molar-refractivity contribution in [1.82, 2.24) is 14.7 Å². The zero-order valence-corrected chi connectivity index (χ0v) is 18.9. The van der Waals surface area contributed by atoms with Crippen molar-refractivity contribution < 1.29 is 18.7 Å². The van der Waals surface area contributed by atoms with Crippen molar-refractivity contribution in [2.45, 2.75) is 25.8 Å². The lowest BCUT2D eigenvalue weighted by atomic mass is 10.1. The van der Waals surface area contributed by atoms with Crippen molar-refractivity contribution in [2.24, 2.45) is 0 Å². The molecule has 2 amide bonds. The maximum atomic E-state index is 13.9. The molecule has 1 aliphatic heterocycles. The zero-order valence-electron chi connectivity index (χ0n) is 18.9. The second-order valence-electron chi connectivity index (χ2n) is 8.20. The first-order chi connectivity index (χ1) is 15.5. The van der Waals surface area contributed by atoms with Crippen LogP contribution in [0.3, 0.4) is 0 Å². The van der Waals surface area contributed by atoms with E-state index in [9.17, 15) is 14.0 Å². The van der Waals surface area contributed by atoms with Gasteiger partial charge in [0, 0.05) is 51.8 Å². The van der Waals surface area contributed by atoms with Crippen LogP contribution in [-0.4, -0.2) is 73.4 Å². The van der Waals surface area contributed by atoms with Gasteiger partial charge >= 0.3 is 0 Å². The minimum absolute atomic E-state index is 0.0486. The Morgan fingerprint density at radius 1 is 1.03 bits per heavy atom. The highest BCUT2D eigenvalue weighted by Crippen LogP contribution is 2.14. The number of likely N-dealkylation sites (N-methyl/N-ethyl adjacent to an activating group) is 1. The first-order valence-electron chi connectivity index (χ1n) is 11.1. The number of hydrogen-bond acceptors (Lipinski definition) is 4. The van der Waals surface area contributed by atoms with Crippen molar-refractivity contribution in [3.05, 3.63) is 65.5 Å². The molecule has 1 saturated heterocycles. The van der Waals surface area contributed by atoms with Crippen molar-refractivity contribution in [3.8, 4) is 5.75 Å². The fourth-order valence-electron chi connectivity index (χ4n) is 3.86. The van der Waals surface area contributed by atoms with Crippen LogP contribution in [0.2, 0.25) is 0 Å². The predicted molar refractivity (Wildman–Crippen MR) is 122 cm³/mol. The summed E-state index contributed by atoms with van der Waals surface area (Å²) in [6.45, 7) is 3.27. The molecule has 0 atom stereocenters. The highest BCUT2D eigenvalue weighted by Gasteiger charge is 2.21. The quantitative estimate of drug-likeness (QED) is 0.632. The number of rotatable bonds is 8. The van der Waals surface area contributed by atoms with Gasteiger partial charge in [-0.05, 0) is 36.6 Å². The predicted octanol–water partition coefficient (Wildman–Crippen LogP) is 2.96. The third kappa shape index (κ3) is 6.79. The Bertz CT molecular complexity index is 904. The molecule has 0 aliphatic carbocycles. The molecule has 2 aromatic carbocycles. The number of benzene rings is 2. The number of aryl methyl sites for hydroxylation is 1. The van der Waals surface area contributed by atoms with E-state index < -0.39 is 0 Å². The maximum absolute atomic E-state index is 13.9. The summed E-state index contributed by atoms with van der Waals surface area (Å²) in [5, 5.41) is 0. The molecule has 0 N–H and O–H groups in total. The van der Waals surface area contributed by atoms with E-state index >= 15 is 0 Å². The Morgan fingerprint density at radius 3 is 2.50 bits per heavy atom. The highest BCUT2D eigenvalue weighted by atomic mass is 19.1. The van der Waals surface area contributed by atoms with Gasteiger partial charge in [0.15, 0.2) is 0 Å². The summed E-state index contributed by atoms with van der Waals surface area (Å²) in [7, 11) is 3.33. The second-order valence-corrected chi connectivity index (χ2v) is 8.20. The van der Waals surface area contributed by atoms with Crippen molar-refractivity contribution in [2.75, 3.05) is 46.9 Å². The molecule has 3 rings (SSSR count). The molecule has 1 heterocycles. The zero-order chi connectivity index (χ0) is 22.9. The van der Waals surface area contributed by atoms with Crippen LogP contribution >= 0.6 is 0 Å². The molecular weight excluding hydrogens is 409 g/mol. The Balaban J connectivity index is 1.44. The Kier molecular flexibility index (Phi) is 8.62. The van der Waals surface area contributed by atoms with Crippen molar-refractivity contribution >= 4 is 11.8 Å². The SMILES string of the molecule is COc1ccc(CCC(=O)N2CCCN(CC(=O)N(C)Cc3ccccc3F)CC2)cc1. The molecule has 32 heavy (non-hydrogen) atoms. The third-order valence-electron chi connectivity index (χ3n) is 5.88. The van der Waals surface area contributed by atoms with Crippen molar-refractivity contribution in [1.29, 1.82) is 0 Å². The Labute approximate surface area is 189 Å². The van der Waals surface area contributed by atoms with E-state index in [2.05, 4.69) is 4.90 Å². The van der Waals surface area contributed by atoms with Gasteiger partial charge in [0.2, 0.25) is 11.8 Å². The molecule has 0 spiro atoms. The lowest BCUT2D eigenvalue weighted by Gasteiger charge is -2.24.